The van der Waals surface area contributed by atoms with Gasteiger partial charge in [-0.3, -0.25) is 0 Å². The van der Waals surface area contributed by atoms with Crippen LogP contribution in [0.2, 0.25) is 0 Å². The van der Waals surface area contributed by atoms with Crippen molar-refractivity contribution in [3.05, 3.63) is 67.8 Å². The number of fused-ring (bicyclic) bond motifs is 2. The van der Waals surface area contributed by atoms with Crippen LogP contribution in [-0.2, 0) is 53.7 Å². The summed E-state index contributed by atoms with van der Waals surface area (Å²) in [7, 11) is 4.53. The van der Waals surface area contributed by atoms with Crippen molar-refractivity contribution in [2.24, 2.45) is 0 Å². The van der Waals surface area contributed by atoms with Crippen LogP contribution in [0.3, 0.4) is 0 Å². The summed E-state index contributed by atoms with van der Waals surface area (Å²) in [6.45, 7) is 11.5. The summed E-state index contributed by atoms with van der Waals surface area (Å²) >= 11 is 3.38. The summed E-state index contributed by atoms with van der Waals surface area (Å²) in [6.07, 6.45) is 9.86. The molecule has 0 aromatic heterocycles. The van der Waals surface area contributed by atoms with Gasteiger partial charge in [0, 0.05) is 55.1 Å². The lowest BCUT2D eigenvalue weighted by Crippen LogP contribution is -2.03. The number of hydrogen-bond donors (Lipinski definition) is 2. The van der Waals surface area contributed by atoms with Crippen molar-refractivity contribution in [1.82, 2.24) is 0 Å². The molecule has 0 bridgehead atoms. The molecule has 2 N–H and O–H groups in total. The fourth-order valence-corrected chi connectivity index (χ4v) is 7.56. The zero-order valence-corrected chi connectivity index (χ0v) is 36.1. The normalized spacial score (nSPS) is 14.4. The molecule has 1 aliphatic carbocycles. The van der Waals surface area contributed by atoms with Crippen LogP contribution in [0.4, 0.5) is 0 Å². The number of halogens is 1. The number of allylic oxidation sites excluding steroid dienone is 4. The molecule has 296 valence electrons. The number of cyclic esters (lactones) is 2. The topological polar surface area (TPSA) is 156 Å². The molecule has 12 nitrogen and oxygen atoms in total. The summed E-state index contributed by atoms with van der Waals surface area (Å²) in [5.74, 6) is 0.120. The average molecular weight is 846 g/mol. The number of phenolic OH excluding ortho intramolecular Hbond substituents is 2. The molecule has 0 unspecified atom stereocenters. The number of ether oxygens (including phenoxy) is 4. The molecule has 2 aliphatic heterocycles. The first-order valence-corrected chi connectivity index (χ1v) is 22.0. The van der Waals surface area contributed by atoms with E-state index in [1.165, 1.54) is 26.4 Å². The molecular formula is C38H55BrO12P2. The number of hydrogen-bond acceptors (Lipinski definition) is 12. The van der Waals surface area contributed by atoms with Gasteiger partial charge in [0.15, 0.2) is 0 Å². The van der Waals surface area contributed by atoms with Crippen molar-refractivity contribution in [1.29, 1.82) is 0 Å². The SMILES string of the molecule is C1CC1.COP(OC)OC.COc1c(C)c2c(c(O)c1C/C=C(\C)CBr)C(=O)OC2.COc1c(C)c2c(c(O)c1C/C=C(\C)CP(C)(C)=O)C(=O)OC2. The summed E-state index contributed by atoms with van der Waals surface area (Å²) in [5.41, 5.74) is 6.90. The van der Waals surface area contributed by atoms with E-state index < -0.39 is 27.7 Å². The van der Waals surface area contributed by atoms with Gasteiger partial charge in [0.1, 0.15) is 47.3 Å². The summed E-state index contributed by atoms with van der Waals surface area (Å²) in [5, 5.41) is 21.6. The molecule has 2 aromatic rings. The van der Waals surface area contributed by atoms with Gasteiger partial charge in [0.05, 0.1) is 21.4 Å². The maximum atomic E-state index is 11.9. The minimum atomic E-state index is -2.14. The van der Waals surface area contributed by atoms with Gasteiger partial charge in [-0.25, -0.2) is 9.59 Å². The summed E-state index contributed by atoms with van der Waals surface area (Å²) < 4.78 is 46.8. The maximum absolute atomic E-state index is 11.9. The molecule has 2 aromatic carbocycles. The van der Waals surface area contributed by atoms with Crippen LogP contribution in [0.25, 0.3) is 0 Å². The molecule has 3 aliphatic rings. The molecule has 15 heteroatoms. The zero-order chi connectivity index (χ0) is 40.0. The molecule has 0 spiro atoms. The Balaban J connectivity index is 0.000000293. The predicted octanol–water partition coefficient (Wildman–Crippen LogP) is 9.08. The number of phenols is 2. The molecule has 2 heterocycles. The molecule has 1 fully saturated rings. The van der Waals surface area contributed by atoms with E-state index in [9.17, 15) is 24.4 Å². The minimum absolute atomic E-state index is 0.0245. The van der Waals surface area contributed by atoms with Gasteiger partial charge in [-0.2, -0.15) is 0 Å². The second-order valence-corrected chi connectivity index (χ2v) is 18.6. The third-order valence-electron chi connectivity index (χ3n) is 8.25. The fraction of sp³-hybridized carbons (Fsp3) is 0.526. The zero-order valence-electron chi connectivity index (χ0n) is 32.8. The van der Waals surface area contributed by atoms with Crippen molar-refractivity contribution in [2.45, 2.75) is 73.0 Å². The third kappa shape index (κ3) is 13.1. The van der Waals surface area contributed by atoms with Crippen LogP contribution in [0.15, 0.2) is 23.3 Å². The highest BCUT2D eigenvalue weighted by Gasteiger charge is 2.33. The first-order chi connectivity index (χ1) is 25.0. The van der Waals surface area contributed by atoms with Gasteiger partial charge in [0.2, 0.25) is 0 Å². The van der Waals surface area contributed by atoms with Crippen LogP contribution in [-0.4, -0.2) is 82.5 Å². The number of aromatic hydroxyl groups is 2. The van der Waals surface area contributed by atoms with Crippen LogP contribution in [0, 0.1) is 13.8 Å². The van der Waals surface area contributed by atoms with Crippen molar-refractivity contribution >= 4 is 43.6 Å². The summed E-state index contributed by atoms with van der Waals surface area (Å²) in [6, 6.07) is 0. The Morgan fingerprint density at radius 2 is 1.13 bits per heavy atom. The first kappa shape index (κ1) is 46.2. The van der Waals surface area contributed by atoms with Crippen LogP contribution >= 0.6 is 31.7 Å². The molecular weight excluding hydrogens is 790 g/mol. The number of rotatable bonds is 12. The monoisotopic (exact) mass is 844 g/mol. The van der Waals surface area contributed by atoms with E-state index in [2.05, 4.69) is 29.5 Å². The molecule has 5 rings (SSSR count). The van der Waals surface area contributed by atoms with Crippen molar-refractivity contribution < 1.29 is 56.9 Å². The Bertz CT molecular complexity index is 1700. The summed E-state index contributed by atoms with van der Waals surface area (Å²) in [4.78, 5) is 23.6. The van der Waals surface area contributed by atoms with E-state index in [1.54, 1.807) is 41.8 Å². The van der Waals surface area contributed by atoms with Crippen LogP contribution in [0.5, 0.6) is 23.0 Å². The lowest BCUT2D eigenvalue weighted by molar-refractivity contribution is 0.0523. The van der Waals surface area contributed by atoms with Gasteiger partial charge >= 0.3 is 20.5 Å². The maximum Gasteiger partial charge on any atom is 0.342 e. The number of esters is 2. The average Bonchev–Trinajstić information content (AvgIpc) is 3.88. The molecule has 53 heavy (non-hydrogen) atoms. The Morgan fingerprint density at radius 1 is 0.755 bits per heavy atom. The molecule has 0 saturated heterocycles. The molecule has 1 saturated carbocycles. The van der Waals surface area contributed by atoms with E-state index >= 15 is 0 Å². The Labute approximate surface area is 323 Å². The highest BCUT2D eigenvalue weighted by molar-refractivity contribution is 9.09. The van der Waals surface area contributed by atoms with Gasteiger partial charge in [-0.05, 0) is 65.0 Å². The second-order valence-electron chi connectivity index (χ2n) is 13.0. The van der Waals surface area contributed by atoms with E-state index in [-0.39, 0.29) is 35.8 Å². The van der Waals surface area contributed by atoms with Crippen molar-refractivity contribution in [3.8, 4) is 23.0 Å². The number of carbonyl (C=O) groups is 2. The van der Waals surface area contributed by atoms with Crippen LogP contribution in [0.1, 0.15) is 87.2 Å². The highest BCUT2D eigenvalue weighted by atomic mass is 79.9. The molecule has 0 radical (unpaired) electrons. The standard InChI is InChI=1S/C17H23O5P.C15H17BrO4.C3H9O3P.C3H6/c1-10(9-23(4,5)20)6-7-12-15(18)14-13(8-22-17(14)19)11(2)16(12)21-3;1-8(6-16)4-5-10-13(17)12-11(7-20-15(12)18)9(2)14(10)19-3;1-4-7(5-2)6-3;1-2-3-1/h6,18H,7-9H2,1-5H3;4,17H,5-7H2,1-3H3;1-3H3;1-3H2/b10-6+;8-4+;;. The highest BCUT2D eigenvalue weighted by Crippen LogP contribution is 2.44. The van der Waals surface area contributed by atoms with E-state index in [4.69, 9.17) is 18.9 Å². The predicted molar refractivity (Wildman–Crippen MR) is 212 cm³/mol. The smallest absolute Gasteiger partial charge is 0.342 e. The van der Waals surface area contributed by atoms with E-state index in [0.29, 0.717) is 52.8 Å². The number of methoxy groups -OCH3 is 2. The minimum Gasteiger partial charge on any atom is -0.507 e. The van der Waals surface area contributed by atoms with Gasteiger partial charge in [-0.15, -0.1) is 0 Å². The number of carbonyl (C=O) groups excluding carboxylic acids is 2. The Morgan fingerprint density at radius 3 is 1.42 bits per heavy atom. The third-order valence-corrected chi connectivity index (χ3v) is 11.3. The molecule has 0 atom stereocenters. The second kappa shape index (κ2) is 21.8. The van der Waals surface area contributed by atoms with Crippen molar-refractivity contribution in [3.63, 3.8) is 0 Å². The first-order valence-electron chi connectivity index (χ1n) is 17.0. The van der Waals surface area contributed by atoms with E-state index in [1.807, 2.05) is 39.8 Å². The van der Waals surface area contributed by atoms with Gasteiger partial charge < -0.3 is 47.3 Å². The lowest BCUT2D eigenvalue weighted by atomic mass is 9.95. The Kier molecular flexibility index (Phi) is 19.1. The van der Waals surface area contributed by atoms with Crippen LogP contribution < -0.4 is 9.47 Å². The van der Waals surface area contributed by atoms with Gasteiger partial charge in [-0.1, -0.05) is 58.5 Å². The molecule has 0 amide bonds. The lowest BCUT2D eigenvalue weighted by Gasteiger charge is -2.16. The largest absolute Gasteiger partial charge is 0.507 e. The Hall–Kier alpha value is -2.92. The number of benzene rings is 2. The number of alkyl halides is 1. The van der Waals surface area contributed by atoms with Gasteiger partial charge in [0.25, 0.3) is 0 Å². The van der Waals surface area contributed by atoms with Crippen molar-refractivity contribution in [2.75, 3.05) is 60.4 Å². The quantitative estimate of drug-likeness (QED) is 0.0906. The fourth-order valence-electron chi connectivity index (χ4n) is 5.55. The van der Waals surface area contributed by atoms with E-state index in [0.717, 1.165) is 27.6 Å².